The predicted molar refractivity (Wildman–Crippen MR) is 105 cm³/mol. The van der Waals surface area contributed by atoms with Crippen LogP contribution in [0.3, 0.4) is 0 Å². The first-order valence-corrected chi connectivity index (χ1v) is 10.5. The molecular weight excluding hydrogens is 390 g/mol. The van der Waals surface area contributed by atoms with Crippen LogP contribution < -0.4 is 0 Å². The molecule has 3 aliphatic carbocycles. The van der Waals surface area contributed by atoms with Crippen molar-refractivity contribution in [3.63, 3.8) is 0 Å². The lowest BCUT2D eigenvalue weighted by Crippen LogP contribution is -2.49. The maximum atomic E-state index is 12.5. The fourth-order valence-corrected chi connectivity index (χ4v) is 6.45. The molecule has 0 spiro atoms. The van der Waals surface area contributed by atoms with E-state index in [1.54, 1.807) is 12.1 Å². The summed E-state index contributed by atoms with van der Waals surface area (Å²) in [4.78, 5) is 25.8. The fraction of sp³-hybridized carbons (Fsp3) is 0.636. The molecule has 8 heteroatoms. The quantitative estimate of drug-likeness (QED) is 0.478. The molecule has 1 aromatic carbocycles. The van der Waals surface area contributed by atoms with Crippen LogP contribution in [-0.4, -0.2) is 67.7 Å². The van der Waals surface area contributed by atoms with Crippen molar-refractivity contribution in [1.82, 2.24) is 4.90 Å². The third-order valence-corrected chi connectivity index (χ3v) is 7.85. The molecule has 0 bridgehead atoms. The third-order valence-electron chi connectivity index (χ3n) is 7.85. The van der Waals surface area contributed by atoms with E-state index in [1.807, 2.05) is 13.0 Å². The van der Waals surface area contributed by atoms with Crippen LogP contribution in [-0.2, 0) is 9.59 Å². The molecule has 0 heterocycles. The van der Waals surface area contributed by atoms with Crippen LogP contribution in [0.25, 0.3) is 0 Å². The molecule has 2 amide bonds. The Morgan fingerprint density at radius 1 is 1.10 bits per heavy atom. The van der Waals surface area contributed by atoms with E-state index in [4.69, 9.17) is 0 Å². The van der Waals surface area contributed by atoms with Crippen LogP contribution >= 0.6 is 0 Å². The highest BCUT2D eigenvalue weighted by Crippen LogP contribution is 2.62. The molecule has 2 fully saturated rings. The first kappa shape index (κ1) is 21.2. The molecule has 0 saturated heterocycles. The van der Waals surface area contributed by atoms with Gasteiger partial charge in [-0.05, 0) is 72.1 Å². The molecule has 164 valence electrons. The number of phenols is 1. The third kappa shape index (κ3) is 3.05. The van der Waals surface area contributed by atoms with E-state index in [-0.39, 0.29) is 23.5 Å². The molecule has 30 heavy (non-hydrogen) atoms. The minimum absolute atomic E-state index is 0.000935. The van der Waals surface area contributed by atoms with Gasteiger partial charge in [-0.25, -0.2) is 0 Å². The van der Waals surface area contributed by atoms with Crippen molar-refractivity contribution in [2.45, 2.75) is 56.8 Å². The highest BCUT2D eigenvalue weighted by atomic mass is 16.3. The molecule has 7 atom stereocenters. The maximum absolute atomic E-state index is 12.5. The first-order valence-electron chi connectivity index (χ1n) is 10.5. The van der Waals surface area contributed by atoms with Gasteiger partial charge in [-0.2, -0.15) is 0 Å². The summed E-state index contributed by atoms with van der Waals surface area (Å²) in [6.45, 7) is 0.248. The van der Waals surface area contributed by atoms with Crippen molar-refractivity contribution >= 4 is 11.8 Å². The summed E-state index contributed by atoms with van der Waals surface area (Å²) >= 11 is 0. The van der Waals surface area contributed by atoms with Crippen molar-refractivity contribution in [2.75, 3.05) is 13.2 Å². The van der Waals surface area contributed by atoms with Crippen LogP contribution in [0.2, 0.25) is 0 Å². The molecule has 5 N–H and O–H groups in total. The van der Waals surface area contributed by atoms with Crippen LogP contribution in [0.1, 0.15) is 55.7 Å². The van der Waals surface area contributed by atoms with Gasteiger partial charge in [-0.15, -0.1) is 0 Å². The number of carbonyl (C=O) groups is 2. The second kappa shape index (κ2) is 7.60. The topological polar surface area (TPSA) is 139 Å². The summed E-state index contributed by atoms with van der Waals surface area (Å²) in [7, 11) is 0. The molecule has 0 aromatic heterocycles. The van der Waals surface area contributed by atoms with Crippen LogP contribution in [0.15, 0.2) is 18.2 Å². The number of carbonyl (C=O) groups excluding carboxylic acids is 2. The number of benzene rings is 1. The molecule has 0 unspecified atom stereocenters. The van der Waals surface area contributed by atoms with Gasteiger partial charge in [-0.1, -0.05) is 13.0 Å². The Bertz CT molecular complexity index is 842. The number of phenolic OH excluding ortho intramolecular Hbond substituents is 1. The number of rotatable bonds is 3. The highest BCUT2D eigenvalue weighted by Gasteiger charge is 2.59. The fourth-order valence-electron chi connectivity index (χ4n) is 6.45. The SMILES string of the molecule is C[C@]12CC[C@@H]3c4ccc(O)cc4[C@@H](N(C(=O)CO)C(=O)CO)C[C@H]3[C@@H]1C[C@@H](O)[C@@H]2O. The smallest absolute Gasteiger partial charge is 0.255 e. The predicted octanol–water partition coefficient (Wildman–Crippen LogP) is 0.418. The maximum Gasteiger partial charge on any atom is 0.255 e. The second-order valence-corrected chi connectivity index (χ2v) is 9.21. The molecule has 1 aromatic rings. The number of hydrogen-bond donors (Lipinski definition) is 5. The number of aliphatic hydroxyl groups is 4. The van der Waals surface area contributed by atoms with E-state index in [0.29, 0.717) is 18.4 Å². The van der Waals surface area contributed by atoms with E-state index in [2.05, 4.69) is 0 Å². The summed E-state index contributed by atoms with van der Waals surface area (Å²) in [6, 6.07) is 4.19. The standard InChI is InChI=1S/C22H29NO7/c1-22-5-4-13-12-3-2-11(26)6-15(12)17(23(19(28)9-24)20(29)10-25)7-14(13)16(22)8-18(27)21(22)30/h2-3,6,13-14,16-18,21,24-27,30H,4-5,7-10H2,1H3/t13-,14-,16+,17+,18-,21+,22+/m1/s1. The largest absolute Gasteiger partial charge is 0.508 e. The van der Waals surface area contributed by atoms with Gasteiger partial charge in [0.25, 0.3) is 11.8 Å². The van der Waals surface area contributed by atoms with Gasteiger partial charge in [-0.3, -0.25) is 14.5 Å². The average molecular weight is 419 g/mol. The van der Waals surface area contributed by atoms with Crippen molar-refractivity contribution < 1.29 is 35.1 Å². The van der Waals surface area contributed by atoms with E-state index < -0.39 is 48.7 Å². The highest BCUT2D eigenvalue weighted by molar-refractivity contribution is 5.97. The normalized spacial score (nSPS) is 37.1. The average Bonchev–Trinajstić information content (AvgIpc) is 2.97. The van der Waals surface area contributed by atoms with Crippen molar-refractivity contribution in [2.24, 2.45) is 17.3 Å². The molecule has 8 nitrogen and oxygen atoms in total. The monoisotopic (exact) mass is 419 g/mol. The summed E-state index contributed by atoms with van der Waals surface area (Å²) < 4.78 is 0. The lowest BCUT2D eigenvalue weighted by Gasteiger charge is -2.52. The van der Waals surface area contributed by atoms with Crippen LogP contribution in [0.4, 0.5) is 0 Å². The molecule has 0 aliphatic heterocycles. The molecular formula is C22H29NO7. The van der Waals surface area contributed by atoms with Gasteiger partial charge in [0.05, 0.1) is 18.2 Å². The zero-order valence-electron chi connectivity index (χ0n) is 16.9. The Morgan fingerprint density at radius 2 is 1.77 bits per heavy atom. The van der Waals surface area contributed by atoms with E-state index in [0.717, 1.165) is 23.3 Å². The van der Waals surface area contributed by atoms with Gasteiger partial charge in [0.15, 0.2) is 0 Å². The Balaban J connectivity index is 1.82. The van der Waals surface area contributed by atoms with Gasteiger partial charge in [0, 0.05) is 0 Å². The van der Waals surface area contributed by atoms with Crippen LogP contribution in [0.5, 0.6) is 5.75 Å². The van der Waals surface area contributed by atoms with Gasteiger partial charge in [0.2, 0.25) is 0 Å². The van der Waals surface area contributed by atoms with E-state index in [1.165, 1.54) is 0 Å². The summed E-state index contributed by atoms with van der Waals surface area (Å²) in [5, 5.41) is 50.0. The minimum atomic E-state index is -0.872. The number of hydrogen-bond acceptors (Lipinski definition) is 7. The van der Waals surface area contributed by atoms with Gasteiger partial charge in [0.1, 0.15) is 19.0 Å². The number of nitrogens with zero attached hydrogens (tertiary/aromatic N) is 1. The summed E-state index contributed by atoms with van der Waals surface area (Å²) in [5.74, 6) is -1.49. The minimum Gasteiger partial charge on any atom is -0.508 e. The Morgan fingerprint density at radius 3 is 2.40 bits per heavy atom. The van der Waals surface area contributed by atoms with Crippen molar-refractivity contribution in [3.8, 4) is 5.75 Å². The van der Waals surface area contributed by atoms with Gasteiger partial charge >= 0.3 is 0 Å². The Labute approximate surface area is 174 Å². The van der Waals surface area contributed by atoms with Crippen LogP contribution in [0, 0.1) is 17.3 Å². The second-order valence-electron chi connectivity index (χ2n) is 9.21. The number of imide groups is 1. The molecule has 4 rings (SSSR count). The number of aromatic hydroxyl groups is 1. The zero-order chi connectivity index (χ0) is 21.8. The van der Waals surface area contributed by atoms with Crippen molar-refractivity contribution in [3.05, 3.63) is 29.3 Å². The van der Waals surface area contributed by atoms with Gasteiger partial charge < -0.3 is 25.5 Å². The lowest BCUT2D eigenvalue weighted by atomic mass is 9.54. The number of aliphatic hydroxyl groups excluding tert-OH is 4. The van der Waals surface area contributed by atoms with Crippen molar-refractivity contribution in [1.29, 1.82) is 0 Å². The Kier molecular flexibility index (Phi) is 5.38. The lowest BCUT2D eigenvalue weighted by molar-refractivity contribution is -0.153. The Hall–Kier alpha value is -2.00. The molecule has 3 aliphatic rings. The zero-order valence-corrected chi connectivity index (χ0v) is 16.9. The summed E-state index contributed by atoms with van der Waals surface area (Å²) in [6.07, 6.45) is 0.731. The van der Waals surface area contributed by atoms with E-state index >= 15 is 0 Å². The number of fused-ring (bicyclic) bond motifs is 5. The van der Waals surface area contributed by atoms with E-state index in [9.17, 15) is 35.1 Å². The first-order chi connectivity index (χ1) is 14.2. The molecule has 0 radical (unpaired) electrons. The molecule has 2 saturated carbocycles. The summed E-state index contributed by atoms with van der Waals surface area (Å²) in [5.41, 5.74) is 1.11. The number of amides is 2.